The summed E-state index contributed by atoms with van der Waals surface area (Å²) in [7, 11) is 0. The fraction of sp³-hybridized carbons (Fsp3) is 0.455. The second kappa shape index (κ2) is 3.29. The van der Waals surface area contributed by atoms with Crippen molar-refractivity contribution in [2.75, 3.05) is 23.7 Å². The van der Waals surface area contributed by atoms with Crippen LogP contribution in [0.1, 0.15) is 18.4 Å². The number of benzene rings is 1. The third kappa shape index (κ3) is 1.48. The van der Waals surface area contributed by atoms with Gasteiger partial charge < -0.3 is 10.6 Å². The van der Waals surface area contributed by atoms with Gasteiger partial charge in [-0.2, -0.15) is 0 Å². The number of aryl methyl sites for hydroxylation is 1. The highest BCUT2D eigenvalue weighted by molar-refractivity contribution is 5.71. The number of nitrogen functional groups attached to an aromatic ring is 1. The number of rotatable bonds is 1. The molecule has 0 saturated carbocycles. The predicted octanol–water partition coefficient (Wildman–Crippen LogP) is 2.18. The summed E-state index contributed by atoms with van der Waals surface area (Å²) in [6.07, 6.45) is 2.60. The molecule has 1 saturated heterocycles. The molecule has 2 rings (SSSR count). The van der Waals surface area contributed by atoms with Gasteiger partial charge >= 0.3 is 0 Å². The summed E-state index contributed by atoms with van der Waals surface area (Å²) in [5.41, 5.74) is 9.42. The minimum atomic E-state index is 0.918. The molecular weight excluding hydrogens is 160 g/mol. The number of nitrogens with two attached hydrogens (primary N) is 1. The van der Waals surface area contributed by atoms with Crippen molar-refractivity contribution in [3.63, 3.8) is 0 Å². The molecule has 70 valence electrons. The van der Waals surface area contributed by atoms with Gasteiger partial charge in [-0.05, 0) is 31.4 Å². The highest BCUT2D eigenvalue weighted by atomic mass is 15.2. The van der Waals surface area contributed by atoms with E-state index in [0.717, 1.165) is 18.8 Å². The maximum absolute atomic E-state index is 5.96. The van der Waals surface area contributed by atoms with Gasteiger partial charge in [-0.1, -0.05) is 12.1 Å². The summed E-state index contributed by atoms with van der Waals surface area (Å²) < 4.78 is 0. The zero-order valence-electron chi connectivity index (χ0n) is 8.09. The van der Waals surface area contributed by atoms with Crippen molar-refractivity contribution < 1.29 is 0 Å². The van der Waals surface area contributed by atoms with Crippen molar-refractivity contribution in [1.29, 1.82) is 0 Å². The predicted molar refractivity (Wildman–Crippen MR) is 57.0 cm³/mol. The van der Waals surface area contributed by atoms with E-state index < -0.39 is 0 Å². The summed E-state index contributed by atoms with van der Waals surface area (Å²) in [4.78, 5) is 2.39. The largest absolute Gasteiger partial charge is 0.397 e. The van der Waals surface area contributed by atoms with Crippen LogP contribution in [-0.4, -0.2) is 13.1 Å². The van der Waals surface area contributed by atoms with Crippen LogP contribution in [0.5, 0.6) is 0 Å². The van der Waals surface area contributed by atoms with Crippen molar-refractivity contribution in [1.82, 2.24) is 0 Å². The molecule has 1 aliphatic heterocycles. The second-order valence-electron chi connectivity index (χ2n) is 3.71. The van der Waals surface area contributed by atoms with Crippen LogP contribution in [0.4, 0.5) is 11.4 Å². The number of nitrogens with zero attached hydrogens (tertiary/aromatic N) is 1. The molecule has 1 heterocycles. The van der Waals surface area contributed by atoms with Gasteiger partial charge in [-0.3, -0.25) is 0 Å². The molecule has 1 aromatic rings. The van der Waals surface area contributed by atoms with Gasteiger partial charge in [0.05, 0.1) is 11.4 Å². The molecule has 0 aromatic heterocycles. The average molecular weight is 176 g/mol. The first kappa shape index (κ1) is 8.42. The van der Waals surface area contributed by atoms with E-state index in [4.69, 9.17) is 5.73 Å². The summed E-state index contributed by atoms with van der Waals surface area (Å²) in [5, 5.41) is 0. The Morgan fingerprint density at radius 2 is 1.92 bits per heavy atom. The highest BCUT2D eigenvalue weighted by Gasteiger charge is 2.15. The van der Waals surface area contributed by atoms with Crippen LogP contribution < -0.4 is 10.6 Å². The molecule has 13 heavy (non-hydrogen) atoms. The SMILES string of the molecule is Cc1cccc(N)c1N1CCCC1. The Balaban J connectivity index is 2.37. The lowest BCUT2D eigenvalue weighted by Crippen LogP contribution is -2.20. The van der Waals surface area contributed by atoms with Crippen LogP contribution in [0.3, 0.4) is 0 Å². The van der Waals surface area contributed by atoms with E-state index in [1.54, 1.807) is 0 Å². The molecule has 0 atom stereocenters. The minimum Gasteiger partial charge on any atom is -0.397 e. The van der Waals surface area contributed by atoms with Gasteiger partial charge in [0.2, 0.25) is 0 Å². The first-order chi connectivity index (χ1) is 6.29. The average Bonchev–Trinajstić information content (AvgIpc) is 2.57. The van der Waals surface area contributed by atoms with Gasteiger partial charge in [0, 0.05) is 13.1 Å². The number of hydrogen-bond donors (Lipinski definition) is 1. The third-order valence-corrected chi connectivity index (χ3v) is 2.69. The summed E-state index contributed by atoms with van der Waals surface area (Å²) in [6.45, 7) is 4.45. The Morgan fingerprint density at radius 3 is 2.54 bits per heavy atom. The van der Waals surface area contributed by atoms with Crippen LogP contribution in [-0.2, 0) is 0 Å². The van der Waals surface area contributed by atoms with Crippen molar-refractivity contribution >= 4 is 11.4 Å². The molecule has 2 heteroatoms. The summed E-state index contributed by atoms with van der Waals surface area (Å²) in [5.74, 6) is 0. The van der Waals surface area contributed by atoms with Gasteiger partial charge in [-0.15, -0.1) is 0 Å². The molecule has 1 aliphatic rings. The lowest BCUT2D eigenvalue weighted by atomic mass is 10.1. The normalized spacial score (nSPS) is 16.5. The zero-order chi connectivity index (χ0) is 9.26. The van der Waals surface area contributed by atoms with E-state index in [-0.39, 0.29) is 0 Å². The topological polar surface area (TPSA) is 29.3 Å². The van der Waals surface area contributed by atoms with E-state index in [1.165, 1.54) is 24.1 Å². The smallest absolute Gasteiger partial charge is 0.0629 e. The molecule has 0 bridgehead atoms. The van der Waals surface area contributed by atoms with E-state index in [9.17, 15) is 0 Å². The third-order valence-electron chi connectivity index (χ3n) is 2.69. The van der Waals surface area contributed by atoms with Crippen LogP contribution in [0.25, 0.3) is 0 Å². The Morgan fingerprint density at radius 1 is 1.23 bits per heavy atom. The quantitative estimate of drug-likeness (QED) is 0.664. The summed E-state index contributed by atoms with van der Waals surface area (Å²) in [6, 6.07) is 6.13. The summed E-state index contributed by atoms with van der Waals surface area (Å²) >= 11 is 0. The van der Waals surface area contributed by atoms with Gasteiger partial charge in [0.25, 0.3) is 0 Å². The maximum atomic E-state index is 5.96. The molecular formula is C11H16N2. The van der Waals surface area contributed by atoms with Gasteiger partial charge in [0.15, 0.2) is 0 Å². The van der Waals surface area contributed by atoms with Crippen LogP contribution in [0.2, 0.25) is 0 Å². The van der Waals surface area contributed by atoms with E-state index in [0.29, 0.717) is 0 Å². The number of anilines is 2. The molecule has 0 amide bonds. The Hall–Kier alpha value is -1.18. The maximum Gasteiger partial charge on any atom is 0.0629 e. The molecule has 1 fully saturated rings. The van der Waals surface area contributed by atoms with Crippen molar-refractivity contribution in [2.45, 2.75) is 19.8 Å². The van der Waals surface area contributed by atoms with Crippen LogP contribution >= 0.6 is 0 Å². The lowest BCUT2D eigenvalue weighted by Gasteiger charge is -2.21. The minimum absolute atomic E-state index is 0.918. The van der Waals surface area contributed by atoms with E-state index in [2.05, 4.69) is 17.9 Å². The molecule has 0 spiro atoms. The Kier molecular flexibility index (Phi) is 2.13. The molecule has 0 unspecified atom stereocenters. The monoisotopic (exact) mass is 176 g/mol. The Bertz CT molecular complexity index is 281. The molecule has 0 aliphatic carbocycles. The van der Waals surface area contributed by atoms with Crippen molar-refractivity contribution in [3.05, 3.63) is 23.8 Å². The molecule has 2 nitrogen and oxygen atoms in total. The van der Waals surface area contributed by atoms with E-state index in [1.807, 2.05) is 12.1 Å². The fourth-order valence-corrected chi connectivity index (χ4v) is 2.05. The first-order valence-corrected chi connectivity index (χ1v) is 4.89. The van der Waals surface area contributed by atoms with Gasteiger partial charge in [0.1, 0.15) is 0 Å². The van der Waals surface area contributed by atoms with E-state index >= 15 is 0 Å². The molecule has 0 radical (unpaired) electrons. The van der Waals surface area contributed by atoms with Crippen molar-refractivity contribution in [3.8, 4) is 0 Å². The fourth-order valence-electron chi connectivity index (χ4n) is 2.05. The Labute approximate surface area is 79.4 Å². The van der Waals surface area contributed by atoms with Crippen LogP contribution in [0.15, 0.2) is 18.2 Å². The number of hydrogen-bond acceptors (Lipinski definition) is 2. The molecule has 2 N–H and O–H groups in total. The lowest BCUT2D eigenvalue weighted by molar-refractivity contribution is 0.949. The first-order valence-electron chi connectivity index (χ1n) is 4.89. The van der Waals surface area contributed by atoms with Crippen LogP contribution in [0, 0.1) is 6.92 Å². The standard InChI is InChI=1S/C11H16N2/c1-9-5-4-6-10(12)11(9)13-7-2-3-8-13/h4-6H,2-3,7-8,12H2,1H3. The number of para-hydroxylation sites is 1. The second-order valence-corrected chi connectivity index (χ2v) is 3.71. The zero-order valence-corrected chi connectivity index (χ0v) is 8.09. The molecule has 1 aromatic carbocycles. The van der Waals surface area contributed by atoms with Crippen molar-refractivity contribution in [2.24, 2.45) is 0 Å². The highest BCUT2D eigenvalue weighted by Crippen LogP contribution is 2.29. The van der Waals surface area contributed by atoms with Gasteiger partial charge in [-0.25, -0.2) is 0 Å².